The van der Waals surface area contributed by atoms with Gasteiger partial charge in [0, 0.05) is 6.04 Å². The number of sulfone groups is 1. The fourth-order valence-electron chi connectivity index (χ4n) is 1.99. The van der Waals surface area contributed by atoms with Gasteiger partial charge in [-0.2, -0.15) is 0 Å². The van der Waals surface area contributed by atoms with Gasteiger partial charge in [0.05, 0.1) is 9.79 Å². The zero-order valence-corrected chi connectivity index (χ0v) is 12.5. The summed E-state index contributed by atoms with van der Waals surface area (Å²) in [6.07, 6.45) is 0.892. The van der Waals surface area contributed by atoms with Crippen molar-refractivity contribution in [2.45, 2.75) is 36.1 Å². The first kappa shape index (κ1) is 14.8. The maximum absolute atomic E-state index is 12.5. The van der Waals surface area contributed by atoms with Gasteiger partial charge < -0.3 is 5.73 Å². The first-order valence-corrected chi connectivity index (χ1v) is 8.13. The molecule has 2 rings (SSSR count). The van der Waals surface area contributed by atoms with Crippen LogP contribution in [0.4, 0.5) is 0 Å². The summed E-state index contributed by atoms with van der Waals surface area (Å²) in [5, 5.41) is 0. The highest BCUT2D eigenvalue weighted by molar-refractivity contribution is 7.91. The minimum Gasteiger partial charge on any atom is -0.324 e. The number of rotatable bonds is 4. The number of benzene rings is 2. The molecule has 0 saturated heterocycles. The summed E-state index contributed by atoms with van der Waals surface area (Å²) in [4.78, 5) is 0.620. The molecule has 0 amide bonds. The molecular weight excluding hydrogens is 270 g/mol. The second-order valence-electron chi connectivity index (χ2n) is 4.86. The van der Waals surface area contributed by atoms with Crippen molar-refractivity contribution in [3.05, 3.63) is 59.7 Å². The highest BCUT2D eigenvalue weighted by atomic mass is 32.2. The van der Waals surface area contributed by atoms with E-state index >= 15 is 0 Å². The van der Waals surface area contributed by atoms with Crippen LogP contribution in [0, 0.1) is 0 Å². The molecule has 1 atom stereocenters. The smallest absolute Gasteiger partial charge is 0.206 e. The molecule has 106 valence electrons. The van der Waals surface area contributed by atoms with Crippen molar-refractivity contribution >= 4 is 9.84 Å². The third kappa shape index (κ3) is 2.92. The molecule has 2 aromatic carbocycles. The maximum atomic E-state index is 12.5. The molecule has 0 spiro atoms. The predicted octanol–water partition coefficient (Wildman–Crippen LogP) is 3.10. The molecule has 0 bridgehead atoms. The van der Waals surface area contributed by atoms with E-state index in [4.69, 9.17) is 5.73 Å². The molecule has 0 saturated carbocycles. The predicted molar refractivity (Wildman–Crippen MR) is 80.3 cm³/mol. The molecule has 20 heavy (non-hydrogen) atoms. The largest absolute Gasteiger partial charge is 0.324 e. The molecule has 0 aliphatic heterocycles. The Kier molecular flexibility index (Phi) is 4.26. The third-order valence-electron chi connectivity index (χ3n) is 3.36. The molecule has 4 heteroatoms. The Bertz CT molecular complexity index is 671. The first-order chi connectivity index (χ1) is 9.45. The normalized spacial score (nSPS) is 13.2. The van der Waals surface area contributed by atoms with Crippen molar-refractivity contribution in [1.29, 1.82) is 0 Å². The summed E-state index contributed by atoms with van der Waals surface area (Å²) in [6.45, 7) is 3.91. The summed E-state index contributed by atoms with van der Waals surface area (Å²) in [7, 11) is -3.45. The summed E-state index contributed by atoms with van der Waals surface area (Å²) in [6, 6.07) is 13.7. The van der Waals surface area contributed by atoms with Gasteiger partial charge in [-0.1, -0.05) is 31.2 Å². The zero-order valence-electron chi connectivity index (χ0n) is 11.7. The van der Waals surface area contributed by atoms with Crippen molar-refractivity contribution in [2.75, 3.05) is 0 Å². The molecule has 0 heterocycles. The summed E-state index contributed by atoms with van der Waals surface area (Å²) in [5.74, 6) is 0. The molecule has 2 aromatic rings. The van der Waals surface area contributed by atoms with E-state index in [9.17, 15) is 8.42 Å². The fraction of sp³-hybridized carbons (Fsp3) is 0.250. The molecule has 0 aliphatic rings. The van der Waals surface area contributed by atoms with Crippen LogP contribution in [0.1, 0.15) is 31.0 Å². The van der Waals surface area contributed by atoms with E-state index < -0.39 is 9.84 Å². The van der Waals surface area contributed by atoms with Gasteiger partial charge in [-0.3, -0.25) is 0 Å². The van der Waals surface area contributed by atoms with Gasteiger partial charge in [0.1, 0.15) is 0 Å². The van der Waals surface area contributed by atoms with Crippen LogP contribution < -0.4 is 5.73 Å². The second kappa shape index (κ2) is 5.77. The minimum atomic E-state index is -3.45. The molecule has 0 fully saturated rings. The average molecular weight is 289 g/mol. The Morgan fingerprint density at radius 3 is 1.80 bits per heavy atom. The lowest BCUT2D eigenvalue weighted by atomic mass is 10.1. The van der Waals surface area contributed by atoms with E-state index in [1.807, 2.05) is 26.0 Å². The highest BCUT2D eigenvalue weighted by Gasteiger charge is 2.17. The Hall–Kier alpha value is -1.65. The van der Waals surface area contributed by atoms with E-state index in [1.54, 1.807) is 36.4 Å². The number of hydrogen-bond acceptors (Lipinski definition) is 3. The van der Waals surface area contributed by atoms with Crippen molar-refractivity contribution in [1.82, 2.24) is 0 Å². The van der Waals surface area contributed by atoms with E-state index in [-0.39, 0.29) is 6.04 Å². The lowest BCUT2D eigenvalue weighted by molar-refractivity contribution is 0.596. The molecule has 0 aliphatic carbocycles. The van der Waals surface area contributed by atoms with Crippen LogP contribution >= 0.6 is 0 Å². The third-order valence-corrected chi connectivity index (χ3v) is 5.14. The number of hydrogen-bond donors (Lipinski definition) is 1. The van der Waals surface area contributed by atoms with Crippen molar-refractivity contribution in [3.8, 4) is 0 Å². The van der Waals surface area contributed by atoms with Gasteiger partial charge in [-0.25, -0.2) is 8.42 Å². The van der Waals surface area contributed by atoms with Crippen molar-refractivity contribution < 1.29 is 8.42 Å². The van der Waals surface area contributed by atoms with Crippen molar-refractivity contribution in [2.24, 2.45) is 5.73 Å². The number of aryl methyl sites for hydroxylation is 1. The standard InChI is InChI=1S/C16H19NO2S/c1-3-13-4-8-15(9-5-13)20(18,19)16-10-6-14(7-11-16)12(2)17/h4-12H,3,17H2,1-2H3/t12-/m1/s1. The summed E-state index contributed by atoms with van der Waals surface area (Å²) < 4.78 is 25.0. The second-order valence-corrected chi connectivity index (χ2v) is 6.81. The van der Waals surface area contributed by atoms with Gasteiger partial charge >= 0.3 is 0 Å². The highest BCUT2D eigenvalue weighted by Crippen LogP contribution is 2.22. The maximum Gasteiger partial charge on any atom is 0.206 e. The quantitative estimate of drug-likeness (QED) is 0.940. The molecule has 0 unspecified atom stereocenters. The van der Waals surface area contributed by atoms with E-state index in [2.05, 4.69) is 0 Å². The van der Waals surface area contributed by atoms with E-state index in [0.717, 1.165) is 17.5 Å². The number of nitrogens with two attached hydrogens (primary N) is 1. The molecular formula is C16H19NO2S. The first-order valence-electron chi connectivity index (χ1n) is 6.64. The Labute approximate surface area is 120 Å². The Morgan fingerprint density at radius 1 is 0.950 bits per heavy atom. The summed E-state index contributed by atoms with van der Waals surface area (Å²) >= 11 is 0. The molecule has 2 N–H and O–H groups in total. The van der Waals surface area contributed by atoms with Crippen LogP contribution in [-0.4, -0.2) is 8.42 Å². The summed E-state index contributed by atoms with van der Waals surface area (Å²) in [5.41, 5.74) is 7.81. The Balaban J connectivity index is 2.38. The molecule has 3 nitrogen and oxygen atoms in total. The van der Waals surface area contributed by atoms with Gasteiger partial charge in [-0.05, 0) is 48.7 Å². The van der Waals surface area contributed by atoms with Gasteiger partial charge in [0.25, 0.3) is 0 Å². The monoisotopic (exact) mass is 289 g/mol. The van der Waals surface area contributed by atoms with Crippen LogP contribution in [0.3, 0.4) is 0 Å². The topological polar surface area (TPSA) is 60.2 Å². The zero-order chi connectivity index (χ0) is 14.8. The van der Waals surface area contributed by atoms with Gasteiger partial charge in [0.15, 0.2) is 0 Å². The van der Waals surface area contributed by atoms with E-state index in [1.165, 1.54) is 0 Å². The SMILES string of the molecule is CCc1ccc(S(=O)(=O)c2ccc([C@@H](C)N)cc2)cc1. The minimum absolute atomic E-state index is 0.101. The van der Waals surface area contributed by atoms with Crippen LogP contribution in [0.15, 0.2) is 58.3 Å². The molecule has 0 radical (unpaired) electrons. The van der Waals surface area contributed by atoms with Gasteiger partial charge in [-0.15, -0.1) is 0 Å². The van der Waals surface area contributed by atoms with Gasteiger partial charge in [0.2, 0.25) is 9.84 Å². The van der Waals surface area contributed by atoms with Crippen LogP contribution in [-0.2, 0) is 16.3 Å². The lowest BCUT2D eigenvalue weighted by Gasteiger charge is -2.08. The van der Waals surface area contributed by atoms with Crippen LogP contribution in [0.25, 0.3) is 0 Å². The van der Waals surface area contributed by atoms with Crippen molar-refractivity contribution in [3.63, 3.8) is 0 Å². The fourth-order valence-corrected chi connectivity index (χ4v) is 3.25. The molecule has 0 aromatic heterocycles. The Morgan fingerprint density at radius 2 is 1.40 bits per heavy atom. The van der Waals surface area contributed by atoms with Crippen LogP contribution in [0.2, 0.25) is 0 Å². The lowest BCUT2D eigenvalue weighted by Crippen LogP contribution is -2.06. The van der Waals surface area contributed by atoms with E-state index in [0.29, 0.717) is 9.79 Å². The van der Waals surface area contributed by atoms with Crippen LogP contribution in [0.5, 0.6) is 0 Å². The average Bonchev–Trinajstić information content (AvgIpc) is 2.47.